The molecule has 2 atom stereocenters. The first-order valence-corrected chi connectivity index (χ1v) is 6.81. The summed E-state index contributed by atoms with van der Waals surface area (Å²) in [6.07, 6.45) is 1.12. The van der Waals surface area contributed by atoms with E-state index in [1.54, 1.807) is 0 Å². The van der Waals surface area contributed by atoms with E-state index in [1.807, 2.05) is 0 Å². The fraction of sp³-hybridized carbons (Fsp3) is 0.625. The van der Waals surface area contributed by atoms with Crippen LogP contribution in [0.25, 0.3) is 0 Å². The molecular weight excluding hydrogens is 220 g/mol. The lowest BCUT2D eigenvalue weighted by molar-refractivity contribution is 0.254. The molecule has 0 heterocycles. The first-order valence-electron chi connectivity index (χ1n) is 6.81. The molecule has 0 aliphatic carbocycles. The molecule has 1 aromatic carbocycles. The summed E-state index contributed by atoms with van der Waals surface area (Å²) in [5.74, 6) is 0.554. The van der Waals surface area contributed by atoms with Gasteiger partial charge >= 0.3 is 0 Å². The zero-order valence-corrected chi connectivity index (χ0v) is 12.7. The first-order chi connectivity index (χ1) is 8.38. The van der Waals surface area contributed by atoms with Crippen molar-refractivity contribution >= 4 is 0 Å². The Morgan fingerprint density at radius 3 is 2.22 bits per heavy atom. The molecule has 2 unspecified atom stereocenters. The zero-order chi connectivity index (χ0) is 13.9. The Kier molecular flexibility index (Phi) is 5.36. The minimum absolute atomic E-state index is 0.461. The van der Waals surface area contributed by atoms with Crippen molar-refractivity contribution in [2.45, 2.75) is 40.2 Å². The van der Waals surface area contributed by atoms with Gasteiger partial charge in [-0.25, -0.2) is 0 Å². The van der Waals surface area contributed by atoms with Crippen LogP contribution in [0, 0.1) is 26.7 Å². The van der Waals surface area contributed by atoms with Crippen molar-refractivity contribution in [3.8, 4) is 0 Å². The Morgan fingerprint density at radius 1 is 1.11 bits per heavy atom. The van der Waals surface area contributed by atoms with Crippen molar-refractivity contribution in [1.29, 1.82) is 0 Å². The molecule has 102 valence electrons. The van der Waals surface area contributed by atoms with E-state index in [-0.39, 0.29) is 0 Å². The van der Waals surface area contributed by atoms with Gasteiger partial charge in [-0.05, 0) is 76.0 Å². The van der Waals surface area contributed by atoms with Gasteiger partial charge in [-0.2, -0.15) is 0 Å². The summed E-state index contributed by atoms with van der Waals surface area (Å²) in [6, 6.07) is 4.98. The van der Waals surface area contributed by atoms with Crippen LogP contribution in [-0.4, -0.2) is 25.5 Å². The highest BCUT2D eigenvalue weighted by molar-refractivity contribution is 5.40. The molecule has 0 spiro atoms. The maximum Gasteiger partial charge on any atom is 0.0347 e. The summed E-state index contributed by atoms with van der Waals surface area (Å²) in [5.41, 5.74) is 11.4. The maximum absolute atomic E-state index is 5.77. The van der Waals surface area contributed by atoms with Gasteiger partial charge in [-0.3, -0.25) is 0 Å². The van der Waals surface area contributed by atoms with Crippen LogP contribution in [0.3, 0.4) is 0 Å². The number of hydrogen-bond acceptors (Lipinski definition) is 2. The van der Waals surface area contributed by atoms with Gasteiger partial charge in [0.1, 0.15) is 0 Å². The van der Waals surface area contributed by atoms with Crippen molar-refractivity contribution in [3.63, 3.8) is 0 Å². The first kappa shape index (κ1) is 15.2. The second kappa shape index (κ2) is 6.35. The van der Waals surface area contributed by atoms with E-state index in [4.69, 9.17) is 5.73 Å². The van der Waals surface area contributed by atoms with Crippen LogP contribution in [0.2, 0.25) is 0 Å². The molecule has 1 aromatic rings. The molecule has 2 nitrogen and oxygen atoms in total. The van der Waals surface area contributed by atoms with Crippen molar-refractivity contribution in [1.82, 2.24) is 4.90 Å². The van der Waals surface area contributed by atoms with Gasteiger partial charge in [0.15, 0.2) is 0 Å². The van der Waals surface area contributed by atoms with Crippen LogP contribution >= 0.6 is 0 Å². The second-order valence-electron chi connectivity index (χ2n) is 5.78. The molecule has 0 radical (unpaired) electrons. The topological polar surface area (TPSA) is 29.3 Å². The molecule has 0 saturated heterocycles. The van der Waals surface area contributed by atoms with Gasteiger partial charge in [0, 0.05) is 6.04 Å². The number of nitrogens with two attached hydrogens (primary N) is 1. The zero-order valence-electron chi connectivity index (χ0n) is 12.7. The standard InChI is InChI=1S/C16H28N2/c1-11(10-17)9-16(18(5)6)15-8-7-12(2)13(3)14(15)4/h7-8,11,16H,9-10,17H2,1-6H3. The average molecular weight is 248 g/mol. The van der Waals surface area contributed by atoms with Crippen LogP contribution in [-0.2, 0) is 0 Å². The number of rotatable bonds is 5. The quantitative estimate of drug-likeness (QED) is 0.867. The third-order valence-corrected chi connectivity index (χ3v) is 4.11. The van der Waals surface area contributed by atoms with Gasteiger partial charge in [0.25, 0.3) is 0 Å². The Hall–Kier alpha value is -0.860. The fourth-order valence-electron chi connectivity index (χ4n) is 2.43. The molecular formula is C16H28N2. The highest BCUT2D eigenvalue weighted by atomic mass is 15.1. The highest BCUT2D eigenvalue weighted by Crippen LogP contribution is 2.30. The van der Waals surface area contributed by atoms with Gasteiger partial charge in [-0.15, -0.1) is 0 Å². The lowest BCUT2D eigenvalue weighted by Crippen LogP contribution is -2.25. The molecule has 0 aromatic heterocycles. The Labute approximate surface area is 112 Å². The summed E-state index contributed by atoms with van der Waals surface area (Å²) in [4.78, 5) is 2.31. The van der Waals surface area contributed by atoms with E-state index in [9.17, 15) is 0 Å². The average Bonchev–Trinajstić information content (AvgIpc) is 2.33. The minimum Gasteiger partial charge on any atom is -0.330 e. The third kappa shape index (κ3) is 3.33. The van der Waals surface area contributed by atoms with Crippen molar-refractivity contribution in [2.75, 3.05) is 20.6 Å². The van der Waals surface area contributed by atoms with E-state index >= 15 is 0 Å². The van der Waals surface area contributed by atoms with Gasteiger partial charge in [-0.1, -0.05) is 19.1 Å². The Balaban J connectivity index is 3.10. The molecule has 18 heavy (non-hydrogen) atoms. The van der Waals surface area contributed by atoms with Crippen molar-refractivity contribution < 1.29 is 0 Å². The van der Waals surface area contributed by atoms with E-state index < -0.39 is 0 Å². The van der Waals surface area contributed by atoms with Crippen LogP contribution in [0.15, 0.2) is 12.1 Å². The molecule has 0 saturated carbocycles. The summed E-state index contributed by atoms with van der Waals surface area (Å²) >= 11 is 0. The third-order valence-electron chi connectivity index (χ3n) is 4.11. The monoisotopic (exact) mass is 248 g/mol. The summed E-state index contributed by atoms with van der Waals surface area (Å²) in [7, 11) is 4.31. The lowest BCUT2D eigenvalue weighted by atomic mass is 9.89. The molecule has 0 aliphatic rings. The molecule has 0 bridgehead atoms. The van der Waals surface area contributed by atoms with Crippen LogP contribution in [0.4, 0.5) is 0 Å². The number of nitrogens with zero attached hydrogens (tertiary/aromatic N) is 1. The number of hydrogen-bond donors (Lipinski definition) is 1. The van der Waals surface area contributed by atoms with Crippen LogP contribution in [0.1, 0.15) is 41.6 Å². The SMILES string of the molecule is Cc1ccc(C(CC(C)CN)N(C)C)c(C)c1C. The van der Waals surface area contributed by atoms with E-state index in [0.29, 0.717) is 12.0 Å². The van der Waals surface area contributed by atoms with E-state index in [1.165, 1.54) is 22.3 Å². The number of benzene rings is 1. The molecule has 1 rings (SSSR count). The Morgan fingerprint density at radius 2 is 1.72 bits per heavy atom. The Bertz CT molecular complexity index is 396. The van der Waals surface area contributed by atoms with Gasteiger partial charge in [0.05, 0.1) is 0 Å². The van der Waals surface area contributed by atoms with Crippen molar-refractivity contribution in [3.05, 3.63) is 34.4 Å². The largest absolute Gasteiger partial charge is 0.330 e. The van der Waals surface area contributed by atoms with E-state index in [0.717, 1.165) is 13.0 Å². The molecule has 0 aliphatic heterocycles. The molecule has 0 amide bonds. The van der Waals surface area contributed by atoms with E-state index in [2.05, 4.69) is 58.8 Å². The minimum atomic E-state index is 0.461. The van der Waals surface area contributed by atoms with Gasteiger partial charge < -0.3 is 10.6 Å². The summed E-state index contributed by atoms with van der Waals surface area (Å²) in [6.45, 7) is 9.62. The smallest absolute Gasteiger partial charge is 0.0347 e. The van der Waals surface area contributed by atoms with Crippen LogP contribution in [0.5, 0.6) is 0 Å². The van der Waals surface area contributed by atoms with Crippen LogP contribution < -0.4 is 5.73 Å². The maximum atomic E-state index is 5.77. The predicted molar refractivity (Wildman–Crippen MR) is 79.9 cm³/mol. The molecule has 0 fully saturated rings. The molecule has 2 N–H and O–H groups in total. The van der Waals surface area contributed by atoms with Gasteiger partial charge in [0.2, 0.25) is 0 Å². The second-order valence-corrected chi connectivity index (χ2v) is 5.78. The fourth-order valence-corrected chi connectivity index (χ4v) is 2.43. The summed E-state index contributed by atoms with van der Waals surface area (Å²) < 4.78 is 0. The highest BCUT2D eigenvalue weighted by Gasteiger charge is 2.19. The van der Waals surface area contributed by atoms with Crippen molar-refractivity contribution in [2.24, 2.45) is 11.7 Å². The predicted octanol–water partition coefficient (Wildman–Crippen LogP) is 3.20. The lowest BCUT2D eigenvalue weighted by Gasteiger charge is -2.29. The summed E-state index contributed by atoms with van der Waals surface area (Å²) in [5, 5.41) is 0. The molecule has 2 heteroatoms. The normalized spacial score (nSPS) is 14.9. The number of aryl methyl sites for hydroxylation is 1.